The molecule has 0 spiro atoms. The molecule has 2 aromatic carbocycles. The lowest BCUT2D eigenvalue weighted by Crippen LogP contribution is -2.31. The van der Waals surface area contributed by atoms with Crippen LogP contribution in [0.5, 0.6) is 0 Å². The monoisotopic (exact) mass is 277 g/mol. The van der Waals surface area contributed by atoms with E-state index < -0.39 is 0 Å². The highest BCUT2D eigenvalue weighted by Crippen LogP contribution is 2.35. The first-order valence-electron chi connectivity index (χ1n) is 8.31. The predicted octanol–water partition coefficient (Wildman–Crippen LogP) is 4.38. The zero-order valence-electron chi connectivity index (χ0n) is 12.5. The van der Waals surface area contributed by atoms with Gasteiger partial charge in [0.1, 0.15) is 0 Å². The maximum absolute atomic E-state index is 3.86. The molecule has 0 aromatic heterocycles. The van der Waals surface area contributed by atoms with Gasteiger partial charge in [-0.15, -0.1) is 0 Å². The number of hydrogen-bond donors (Lipinski definition) is 1. The third-order valence-electron chi connectivity index (χ3n) is 5.19. The molecule has 2 atom stereocenters. The fourth-order valence-electron chi connectivity index (χ4n) is 3.96. The van der Waals surface area contributed by atoms with E-state index in [4.69, 9.17) is 0 Å². The second kappa shape index (κ2) is 5.65. The van der Waals surface area contributed by atoms with Gasteiger partial charge in [0.25, 0.3) is 0 Å². The van der Waals surface area contributed by atoms with E-state index in [1.54, 1.807) is 22.3 Å². The van der Waals surface area contributed by atoms with Crippen molar-refractivity contribution in [3.05, 3.63) is 70.8 Å². The molecule has 0 fully saturated rings. The fourth-order valence-corrected chi connectivity index (χ4v) is 3.96. The zero-order valence-corrected chi connectivity index (χ0v) is 12.5. The lowest BCUT2D eigenvalue weighted by molar-refractivity contribution is 0.445. The molecule has 108 valence electrons. The van der Waals surface area contributed by atoms with Crippen molar-refractivity contribution in [2.75, 3.05) is 6.54 Å². The number of aryl methyl sites for hydroxylation is 1. The average molecular weight is 277 g/mol. The van der Waals surface area contributed by atoms with Crippen LogP contribution in [-0.2, 0) is 12.8 Å². The zero-order chi connectivity index (χ0) is 14.1. The lowest BCUT2D eigenvalue weighted by atomic mass is 9.77. The molecule has 2 aliphatic rings. The van der Waals surface area contributed by atoms with Gasteiger partial charge in [-0.2, -0.15) is 0 Å². The van der Waals surface area contributed by atoms with Crippen LogP contribution in [0.1, 0.15) is 53.5 Å². The number of rotatable bonds is 3. The summed E-state index contributed by atoms with van der Waals surface area (Å²) in [5.74, 6) is 0.719. The Morgan fingerprint density at radius 3 is 2.48 bits per heavy atom. The number of benzene rings is 2. The SMILES string of the molecule is c1ccc2c(c1)CC2CNC1CCCCc2ccccc21. The molecule has 1 nitrogen and oxygen atoms in total. The van der Waals surface area contributed by atoms with Crippen LogP contribution in [0.2, 0.25) is 0 Å². The first-order valence-corrected chi connectivity index (χ1v) is 8.31. The first-order chi connectivity index (χ1) is 10.4. The summed E-state index contributed by atoms with van der Waals surface area (Å²) in [4.78, 5) is 0. The molecule has 0 bridgehead atoms. The number of hydrogen-bond acceptors (Lipinski definition) is 1. The smallest absolute Gasteiger partial charge is 0.0323 e. The molecule has 1 heteroatoms. The summed E-state index contributed by atoms with van der Waals surface area (Å²) in [6.07, 6.45) is 6.46. The minimum absolute atomic E-state index is 0.552. The molecule has 0 saturated carbocycles. The van der Waals surface area contributed by atoms with Crippen molar-refractivity contribution in [2.24, 2.45) is 0 Å². The molecule has 21 heavy (non-hydrogen) atoms. The standard InChI is InChI=1S/C20H23N/c1-5-11-19-15(7-1)8-3-6-12-20(19)21-14-17-13-16-9-2-4-10-18(16)17/h1-2,4-5,7,9-11,17,20-21H,3,6,8,12-14H2. The van der Waals surface area contributed by atoms with Crippen molar-refractivity contribution in [3.63, 3.8) is 0 Å². The molecule has 0 radical (unpaired) electrons. The van der Waals surface area contributed by atoms with E-state index >= 15 is 0 Å². The average Bonchev–Trinajstić information content (AvgIpc) is 2.71. The Morgan fingerprint density at radius 2 is 1.62 bits per heavy atom. The van der Waals surface area contributed by atoms with Crippen LogP contribution in [0.15, 0.2) is 48.5 Å². The highest BCUT2D eigenvalue weighted by Gasteiger charge is 2.26. The van der Waals surface area contributed by atoms with Crippen molar-refractivity contribution in [1.82, 2.24) is 5.32 Å². The minimum atomic E-state index is 0.552. The third kappa shape index (κ3) is 2.51. The first kappa shape index (κ1) is 13.1. The Balaban J connectivity index is 1.46. The third-order valence-corrected chi connectivity index (χ3v) is 5.19. The Morgan fingerprint density at radius 1 is 0.857 bits per heavy atom. The molecule has 0 amide bonds. The van der Waals surface area contributed by atoms with Gasteiger partial charge < -0.3 is 5.32 Å². The van der Waals surface area contributed by atoms with Crippen molar-refractivity contribution in [1.29, 1.82) is 0 Å². The van der Waals surface area contributed by atoms with Gasteiger partial charge >= 0.3 is 0 Å². The van der Waals surface area contributed by atoms with Crippen LogP contribution in [-0.4, -0.2) is 6.54 Å². The topological polar surface area (TPSA) is 12.0 Å². The summed E-state index contributed by atoms with van der Waals surface area (Å²) in [5.41, 5.74) is 6.21. The highest BCUT2D eigenvalue weighted by atomic mass is 14.9. The van der Waals surface area contributed by atoms with Gasteiger partial charge in [0.15, 0.2) is 0 Å². The molecule has 0 heterocycles. The van der Waals surface area contributed by atoms with Crippen molar-refractivity contribution < 1.29 is 0 Å². The summed E-state index contributed by atoms with van der Waals surface area (Å²) in [7, 11) is 0. The maximum atomic E-state index is 3.86. The summed E-state index contributed by atoms with van der Waals surface area (Å²) in [5, 5.41) is 3.86. The fraction of sp³-hybridized carbons (Fsp3) is 0.400. The second-order valence-electron chi connectivity index (χ2n) is 6.51. The van der Waals surface area contributed by atoms with Crippen molar-refractivity contribution >= 4 is 0 Å². The van der Waals surface area contributed by atoms with Crippen molar-refractivity contribution in [2.45, 2.75) is 44.1 Å². The van der Waals surface area contributed by atoms with E-state index in [1.165, 1.54) is 32.1 Å². The van der Waals surface area contributed by atoms with E-state index in [2.05, 4.69) is 53.8 Å². The minimum Gasteiger partial charge on any atom is -0.309 e. The van der Waals surface area contributed by atoms with Crippen LogP contribution >= 0.6 is 0 Å². The summed E-state index contributed by atoms with van der Waals surface area (Å²) >= 11 is 0. The Bertz CT molecular complexity index is 631. The van der Waals surface area contributed by atoms with Gasteiger partial charge in [0, 0.05) is 18.5 Å². The molecule has 2 aromatic rings. The normalized spacial score (nSPS) is 23.6. The molecule has 0 saturated heterocycles. The van der Waals surface area contributed by atoms with E-state index in [1.807, 2.05) is 0 Å². The highest BCUT2D eigenvalue weighted by molar-refractivity contribution is 5.40. The van der Waals surface area contributed by atoms with E-state index in [0.29, 0.717) is 6.04 Å². The molecule has 2 aliphatic carbocycles. The van der Waals surface area contributed by atoms with Gasteiger partial charge in [0.05, 0.1) is 0 Å². The van der Waals surface area contributed by atoms with Crippen LogP contribution in [0.25, 0.3) is 0 Å². The Kier molecular flexibility index (Phi) is 3.52. The van der Waals surface area contributed by atoms with Gasteiger partial charge in [-0.3, -0.25) is 0 Å². The largest absolute Gasteiger partial charge is 0.309 e. The Hall–Kier alpha value is -1.60. The summed E-state index contributed by atoms with van der Waals surface area (Å²) < 4.78 is 0. The van der Waals surface area contributed by atoms with Crippen LogP contribution < -0.4 is 5.32 Å². The van der Waals surface area contributed by atoms with E-state index in [-0.39, 0.29) is 0 Å². The van der Waals surface area contributed by atoms with Gasteiger partial charge in [-0.1, -0.05) is 55.0 Å². The van der Waals surface area contributed by atoms with Crippen LogP contribution in [0.4, 0.5) is 0 Å². The second-order valence-corrected chi connectivity index (χ2v) is 6.51. The van der Waals surface area contributed by atoms with Gasteiger partial charge in [-0.05, 0) is 47.9 Å². The van der Waals surface area contributed by atoms with Gasteiger partial charge in [-0.25, -0.2) is 0 Å². The van der Waals surface area contributed by atoms with Crippen LogP contribution in [0.3, 0.4) is 0 Å². The molecular formula is C20H23N. The number of fused-ring (bicyclic) bond motifs is 2. The quantitative estimate of drug-likeness (QED) is 0.821. The van der Waals surface area contributed by atoms with Crippen LogP contribution in [0, 0.1) is 0 Å². The molecule has 0 aliphatic heterocycles. The van der Waals surface area contributed by atoms with Crippen molar-refractivity contribution in [3.8, 4) is 0 Å². The van der Waals surface area contributed by atoms with E-state index in [0.717, 1.165) is 12.5 Å². The maximum Gasteiger partial charge on any atom is 0.0323 e. The Labute approximate surface area is 127 Å². The predicted molar refractivity (Wildman–Crippen MR) is 87.6 cm³/mol. The molecular weight excluding hydrogens is 254 g/mol. The summed E-state index contributed by atoms with van der Waals surface area (Å²) in [6.45, 7) is 1.12. The van der Waals surface area contributed by atoms with E-state index in [9.17, 15) is 0 Å². The molecule has 1 N–H and O–H groups in total. The lowest BCUT2D eigenvalue weighted by Gasteiger charge is -2.32. The molecule has 2 unspecified atom stereocenters. The number of nitrogens with one attached hydrogen (secondary N) is 1. The van der Waals surface area contributed by atoms with Gasteiger partial charge in [0.2, 0.25) is 0 Å². The summed E-state index contributed by atoms with van der Waals surface area (Å²) in [6, 6.07) is 18.5. The molecule has 4 rings (SSSR count).